The van der Waals surface area contributed by atoms with Crippen LogP contribution in [0, 0.1) is 0 Å². The molecule has 1 aromatic carbocycles. The molecule has 126 valence electrons. The summed E-state index contributed by atoms with van der Waals surface area (Å²) in [5, 5.41) is 15.1. The standard InChI is InChI=1S/C16H24N4O3/c1-5-16(6-2,10-21)19-14(22)17-11-7-8-13-12(9-11)18-15(23-13)20(3)4/h7-9,21H,5-6,10H2,1-4H3,(H2,17,19,22). The van der Waals surface area contributed by atoms with Crippen LogP contribution in [0.25, 0.3) is 11.1 Å². The van der Waals surface area contributed by atoms with Crippen molar-refractivity contribution in [3.8, 4) is 0 Å². The maximum Gasteiger partial charge on any atom is 0.319 e. The summed E-state index contributed by atoms with van der Waals surface area (Å²) in [5.74, 6) is 0. The number of aliphatic hydroxyl groups is 1. The van der Waals surface area contributed by atoms with E-state index in [4.69, 9.17) is 4.42 Å². The molecule has 0 atom stereocenters. The van der Waals surface area contributed by atoms with E-state index < -0.39 is 5.54 Å². The molecule has 0 unspecified atom stereocenters. The quantitative estimate of drug-likeness (QED) is 0.761. The Hall–Kier alpha value is -2.28. The molecule has 0 bridgehead atoms. The maximum absolute atomic E-state index is 12.2. The first kappa shape index (κ1) is 17.1. The highest BCUT2D eigenvalue weighted by Crippen LogP contribution is 2.23. The molecule has 1 heterocycles. The Morgan fingerprint density at radius 2 is 2.04 bits per heavy atom. The van der Waals surface area contributed by atoms with Crippen molar-refractivity contribution in [2.75, 3.05) is 30.9 Å². The Bertz CT molecular complexity index is 669. The fraction of sp³-hybridized carbons (Fsp3) is 0.500. The topological polar surface area (TPSA) is 90.6 Å². The summed E-state index contributed by atoms with van der Waals surface area (Å²) in [6.07, 6.45) is 1.31. The lowest BCUT2D eigenvalue weighted by atomic mass is 9.94. The zero-order chi connectivity index (χ0) is 17.0. The number of oxazole rings is 1. The summed E-state index contributed by atoms with van der Waals surface area (Å²) in [5.41, 5.74) is 1.35. The van der Waals surface area contributed by atoms with E-state index >= 15 is 0 Å². The van der Waals surface area contributed by atoms with Gasteiger partial charge in [-0.3, -0.25) is 0 Å². The lowest BCUT2D eigenvalue weighted by Gasteiger charge is -2.30. The van der Waals surface area contributed by atoms with Crippen molar-refractivity contribution in [1.82, 2.24) is 10.3 Å². The summed E-state index contributed by atoms with van der Waals surface area (Å²) in [6, 6.07) is 5.44. The average Bonchev–Trinajstić information content (AvgIpc) is 2.96. The van der Waals surface area contributed by atoms with Gasteiger partial charge in [0.25, 0.3) is 6.01 Å². The Balaban J connectivity index is 2.13. The molecule has 0 fully saturated rings. The third kappa shape index (κ3) is 3.73. The van der Waals surface area contributed by atoms with Crippen LogP contribution in [-0.4, -0.2) is 42.4 Å². The van der Waals surface area contributed by atoms with E-state index in [1.54, 1.807) is 23.1 Å². The monoisotopic (exact) mass is 320 g/mol. The second-order valence-electron chi connectivity index (χ2n) is 5.80. The Kier molecular flexibility index (Phi) is 5.10. The number of nitrogens with one attached hydrogen (secondary N) is 2. The molecule has 3 N–H and O–H groups in total. The number of rotatable bonds is 6. The minimum absolute atomic E-state index is 0.0953. The Morgan fingerprint density at radius 1 is 1.35 bits per heavy atom. The number of aromatic nitrogens is 1. The van der Waals surface area contributed by atoms with Crippen LogP contribution in [0.15, 0.2) is 22.6 Å². The number of amides is 2. The van der Waals surface area contributed by atoms with Gasteiger partial charge in [0.05, 0.1) is 12.1 Å². The zero-order valence-corrected chi connectivity index (χ0v) is 14.0. The number of aliphatic hydroxyl groups excluding tert-OH is 1. The van der Waals surface area contributed by atoms with Gasteiger partial charge in [0, 0.05) is 19.8 Å². The number of anilines is 2. The van der Waals surface area contributed by atoms with Gasteiger partial charge >= 0.3 is 6.03 Å². The summed E-state index contributed by atoms with van der Waals surface area (Å²) >= 11 is 0. The van der Waals surface area contributed by atoms with E-state index in [1.807, 2.05) is 27.9 Å². The van der Waals surface area contributed by atoms with Crippen LogP contribution in [-0.2, 0) is 0 Å². The molecule has 2 amide bonds. The minimum Gasteiger partial charge on any atom is -0.423 e. The van der Waals surface area contributed by atoms with Crippen molar-refractivity contribution in [3.63, 3.8) is 0 Å². The number of nitrogens with zero attached hydrogens (tertiary/aromatic N) is 2. The van der Waals surface area contributed by atoms with Crippen LogP contribution in [0.3, 0.4) is 0 Å². The van der Waals surface area contributed by atoms with E-state index in [9.17, 15) is 9.90 Å². The highest BCUT2D eigenvalue weighted by Gasteiger charge is 2.27. The summed E-state index contributed by atoms with van der Waals surface area (Å²) < 4.78 is 5.58. The molecule has 2 rings (SSSR count). The summed E-state index contributed by atoms with van der Waals surface area (Å²) in [4.78, 5) is 18.3. The fourth-order valence-corrected chi connectivity index (χ4v) is 2.28. The molecule has 7 heteroatoms. The van der Waals surface area contributed by atoms with Crippen LogP contribution >= 0.6 is 0 Å². The largest absolute Gasteiger partial charge is 0.423 e. The van der Waals surface area contributed by atoms with Gasteiger partial charge in [0.15, 0.2) is 5.58 Å². The molecule has 0 spiro atoms. The van der Waals surface area contributed by atoms with Crippen molar-refractivity contribution in [2.45, 2.75) is 32.2 Å². The van der Waals surface area contributed by atoms with Crippen LogP contribution in [0.5, 0.6) is 0 Å². The molecule has 23 heavy (non-hydrogen) atoms. The fourth-order valence-electron chi connectivity index (χ4n) is 2.28. The molecule has 2 aromatic rings. The SMILES string of the molecule is CCC(CC)(CO)NC(=O)Nc1ccc2oc(N(C)C)nc2c1. The van der Waals surface area contributed by atoms with Crippen molar-refractivity contribution in [2.24, 2.45) is 0 Å². The third-order valence-corrected chi connectivity index (χ3v) is 4.05. The van der Waals surface area contributed by atoms with E-state index in [0.29, 0.717) is 35.6 Å². The van der Waals surface area contributed by atoms with E-state index in [-0.39, 0.29) is 12.6 Å². The molecule has 0 saturated heterocycles. The van der Waals surface area contributed by atoms with Gasteiger partial charge in [0.2, 0.25) is 0 Å². The maximum atomic E-state index is 12.2. The molecule has 0 saturated carbocycles. The first-order chi connectivity index (χ1) is 10.9. The molecule has 0 radical (unpaired) electrons. The molecule has 0 aliphatic carbocycles. The predicted molar refractivity (Wildman–Crippen MR) is 90.9 cm³/mol. The van der Waals surface area contributed by atoms with Gasteiger partial charge < -0.3 is 25.1 Å². The highest BCUT2D eigenvalue weighted by molar-refractivity contribution is 5.92. The number of benzene rings is 1. The summed E-state index contributed by atoms with van der Waals surface area (Å²) in [7, 11) is 3.70. The first-order valence-corrected chi connectivity index (χ1v) is 7.71. The molecule has 0 aliphatic heterocycles. The van der Waals surface area contributed by atoms with Crippen molar-refractivity contribution < 1.29 is 14.3 Å². The first-order valence-electron chi connectivity index (χ1n) is 7.71. The van der Waals surface area contributed by atoms with Gasteiger partial charge in [0.1, 0.15) is 5.52 Å². The van der Waals surface area contributed by atoms with Gasteiger partial charge in [-0.2, -0.15) is 4.98 Å². The van der Waals surface area contributed by atoms with Crippen LogP contribution in [0.4, 0.5) is 16.5 Å². The van der Waals surface area contributed by atoms with Gasteiger partial charge in [-0.05, 0) is 31.0 Å². The third-order valence-electron chi connectivity index (χ3n) is 4.05. The summed E-state index contributed by atoms with van der Waals surface area (Å²) in [6.45, 7) is 3.77. The van der Waals surface area contributed by atoms with Crippen LogP contribution < -0.4 is 15.5 Å². The predicted octanol–water partition coefficient (Wildman–Crippen LogP) is 2.57. The van der Waals surface area contributed by atoms with Crippen molar-refractivity contribution in [1.29, 1.82) is 0 Å². The van der Waals surface area contributed by atoms with Crippen LogP contribution in [0.1, 0.15) is 26.7 Å². The lowest BCUT2D eigenvalue weighted by molar-refractivity contribution is 0.155. The number of hydrogen-bond acceptors (Lipinski definition) is 5. The highest BCUT2D eigenvalue weighted by atomic mass is 16.4. The second-order valence-corrected chi connectivity index (χ2v) is 5.80. The minimum atomic E-state index is -0.597. The molecular weight excluding hydrogens is 296 g/mol. The van der Waals surface area contributed by atoms with E-state index in [1.165, 1.54) is 0 Å². The van der Waals surface area contributed by atoms with Crippen molar-refractivity contribution in [3.05, 3.63) is 18.2 Å². The normalized spacial score (nSPS) is 11.5. The number of carbonyl (C=O) groups excluding carboxylic acids is 1. The molecule has 1 aromatic heterocycles. The number of hydrogen-bond donors (Lipinski definition) is 3. The number of urea groups is 1. The Morgan fingerprint density at radius 3 is 2.61 bits per heavy atom. The van der Waals surface area contributed by atoms with E-state index in [0.717, 1.165) is 0 Å². The van der Waals surface area contributed by atoms with Crippen molar-refractivity contribution >= 4 is 28.8 Å². The van der Waals surface area contributed by atoms with Gasteiger partial charge in [-0.15, -0.1) is 0 Å². The second kappa shape index (κ2) is 6.87. The smallest absolute Gasteiger partial charge is 0.319 e. The zero-order valence-electron chi connectivity index (χ0n) is 14.0. The van der Waals surface area contributed by atoms with Crippen LogP contribution in [0.2, 0.25) is 0 Å². The van der Waals surface area contributed by atoms with Gasteiger partial charge in [-0.25, -0.2) is 4.79 Å². The van der Waals surface area contributed by atoms with Gasteiger partial charge in [-0.1, -0.05) is 13.8 Å². The Labute approximate surface area is 135 Å². The average molecular weight is 320 g/mol. The molecular formula is C16H24N4O3. The number of fused-ring (bicyclic) bond motifs is 1. The molecule has 7 nitrogen and oxygen atoms in total. The van der Waals surface area contributed by atoms with E-state index in [2.05, 4.69) is 15.6 Å². The molecule has 0 aliphatic rings. The lowest BCUT2D eigenvalue weighted by Crippen LogP contribution is -2.51. The number of carbonyl (C=O) groups is 1.